The highest BCUT2D eigenvalue weighted by molar-refractivity contribution is 5.35. The number of rotatable bonds is 5. The Morgan fingerprint density at radius 3 is 2.21 bits per heavy atom. The van der Waals surface area contributed by atoms with Crippen molar-refractivity contribution in [1.82, 2.24) is 0 Å². The third-order valence-corrected chi connectivity index (χ3v) is 7.45. The number of likely N-dealkylation sites (tertiary alicyclic amines) is 1. The first-order valence-electron chi connectivity index (χ1n) is 11.3. The van der Waals surface area contributed by atoms with Crippen molar-refractivity contribution in [2.24, 2.45) is 5.41 Å². The van der Waals surface area contributed by atoms with E-state index in [1.54, 1.807) is 0 Å². The van der Waals surface area contributed by atoms with Gasteiger partial charge in [0.25, 0.3) is 0 Å². The van der Waals surface area contributed by atoms with Gasteiger partial charge in [-0.2, -0.15) is 0 Å². The Labute approximate surface area is 175 Å². The smallest absolute Gasteiger partial charge is 0.163 e. The molecule has 2 aromatic carbocycles. The lowest BCUT2D eigenvalue weighted by molar-refractivity contribution is -0.919. The molecule has 3 atom stereocenters. The van der Waals surface area contributed by atoms with E-state index in [0.717, 1.165) is 50.1 Å². The molecule has 2 aliphatic rings. The van der Waals surface area contributed by atoms with Gasteiger partial charge >= 0.3 is 0 Å². The average Bonchev–Trinajstić information content (AvgIpc) is 2.75. The maximum absolute atomic E-state index is 12.0. The normalized spacial score (nSPS) is 30.4. The first-order chi connectivity index (χ1) is 14.0. The number of hydrogen-bond acceptors (Lipinski definition) is 2. The topological polar surface area (TPSA) is 33.9 Å². The molecule has 0 aromatic heterocycles. The van der Waals surface area contributed by atoms with E-state index in [1.165, 1.54) is 17.7 Å². The van der Waals surface area contributed by atoms with Gasteiger partial charge in [0.15, 0.2) is 5.60 Å². The summed E-state index contributed by atoms with van der Waals surface area (Å²) in [7, 11) is 0. The number of aliphatic hydroxyl groups is 1. The minimum Gasteiger partial charge on any atom is -0.375 e. The van der Waals surface area contributed by atoms with Gasteiger partial charge in [-0.15, -0.1) is 0 Å². The van der Waals surface area contributed by atoms with Crippen LogP contribution in [-0.2, 0) is 10.3 Å². The number of ether oxygens (including phenoxy) is 1. The third kappa shape index (κ3) is 4.28. The molecule has 2 aromatic rings. The Kier molecular flexibility index (Phi) is 5.83. The van der Waals surface area contributed by atoms with Crippen LogP contribution in [0.5, 0.6) is 0 Å². The van der Waals surface area contributed by atoms with Crippen LogP contribution in [0.1, 0.15) is 57.1 Å². The molecule has 4 rings (SSSR count). The number of benzene rings is 2. The molecule has 2 saturated heterocycles. The molecule has 1 spiro atoms. The van der Waals surface area contributed by atoms with Crippen LogP contribution in [0.15, 0.2) is 60.7 Å². The molecule has 2 aliphatic heterocycles. The van der Waals surface area contributed by atoms with Crippen molar-refractivity contribution >= 4 is 0 Å². The maximum atomic E-state index is 12.0. The molecule has 0 saturated carbocycles. The Morgan fingerprint density at radius 2 is 1.62 bits per heavy atom. The summed E-state index contributed by atoms with van der Waals surface area (Å²) in [5, 5.41) is 12.0. The average molecular weight is 395 g/mol. The second-order valence-corrected chi connectivity index (χ2v) is 9.63. The molecule has 3 heteroatoms. The van der Waals surface area contributed by atoms with Crippen LogP contribution >= 0.6 is 0 Å². The van der Waals surface area contributed by atoms with Crippen molar-refractivity contribution in [2.75, 3.05) is 26.2 Å². The highest BCUT2D eigenvalue weighted by Gasteiger charge is 2.48. The lowest BCUT2D eigenvalue weighted by atomic mass is 9.68. The highest BCUT2D eigenvalue weighted by atomic mass is 16.5. The van der Waals surface area contributed by atoms with E-state index >= 15 is 0 Å². The summed E-state index contributed by atoms with van der Waals surface area (Å²) in [5.41, 5.74) is 1.38. The van der Waals surface area contributed by atoms with Gasteiger partial charge in [-0.25, -0.2) is 0 Å². The summed E-state index contributed by atoms with van der Waals surface area (Å²) in [4.78, 5) is 1.52. The Hall–Kier alpha value is -1.68. The van der Waals surface area contributed by atoms with Gasteiger partial charge in [-0.3, -0.25) is 0 Å². The molecule has 0 amide bonds. The van der Waals surface area contributed by atoms with Crippen LogP contribution in [0.4, 0.5) is 0 Å². The Morgan fingerprint density at radius 1 is 1.00 bits per heavy atom. The van der Waals surface area contributed by atoms with Crippen LogP contribution < -0.4 is 4.90 Å². The van der Waals surface area contributed by atoms with E-state index in [4.69, 9.17) is 4.74 Å². The van der Waals surface area contributed by atoms with Gasteiger partial charge in [-0.1, -0.05) is 67.6 Å². The van der Waals surface area contributed by atoms with E-state index in [-0.39, 0.29) is 5.60 Å². The zero-order valence-corrected chi connectivity index (χ0v) is 18.0. The second-order valence-electron chi connectivity index (χ2n) is 9.63. The summed E-state index contributed by atoms with van der Waals surface area (Å²) in [6.45, 7) is 8.38. The number of quaternary nitrogens is 1. The number of hydrogen-bond donors (Lipinski definition) is 2. The van der Waals surface area contributed by atoms with Crippen LogP contribution in [0.25, 0.3) is 0 Å². The number of piperidine rings is 1. The van der Waals surface area contributed by atoms with Gasteiger partial charge in [0.05, 0.1) is 18.7 Å². The molecule has 1 unspecified atom stereocenters. The van der Waals surface area contributed by atoms with Crippen LogP contribution in [0.2, 0.25) is 0 Å². The van der Waals surface area contributed by atoms with E-state index in [2.05, 4.69) is 38.1 Å². The minimum absolute atomic E-state index is 0.00979. The maximum Gasteiger partial charge on any atom is 0.163 e. The lowest BCUT2D eigenvalue weighted by Gasteiger charge is -2.49. The van der Waals surface area contributed by atoms with E-state index in [9.17, 15) is 5.11 Å². The quantitative estimate of drug-likeness (QED) is 0.813. The van der Waals surface area contributed by atoms with Crippen LogP contribution in [0.3, 0.4) is 0 Å². The fourth-order valence-corrected chi connectivity index (χ4v) is 5.77. The van der Waals surface area contributed by atoms with Crippen molar-refractivity contribution in [3.63, 3.8) is 0 Å². The molecule has 2 fully saturated rings. The molecule has 2 heterocycles. The molecule has 3 nitrogen and oxygen atoms in total. The molecule has 2 N–H and O–H groups in total. The molecular weight excluding hydrogens is 358 g/mol. The molecule has 0 aliphatic carbocycles. The number of nitrogens with one attached hydrogen (secondary N) is 1. The SMILES string of the molecule is CC[C@@]1(C)C[C@]2(CCC[NH+](CC(O)(c3ccccc3)c3ccccc3)C2)CCO1. The minimum atomic E-state index is -0.963. The molecule has 29 heavy (non-hydrogen) atoms. The monoisotopic (exact) mass is 394 g/mol. The van der Waals surface area contributed by atoms with E-state index < -0.39 is 5.60 Å². The van der Waals surface area contributed by atoms with Crippen molar-refractivity contribution in [3.05, 3.63) is 71.8 Å². The highest BCUT2D eigenvalue weighted by Crippen LogP contribution is 2.43. The summed E-state index contributed by atoms with van der Waals surface area (Å²) in [5.74, 6) is 0. The fourth-order valence-electron chi connectivity index (χ4n) is 5.77. The first kappa shape index (κ1) is 20.6. The zero-order valence-electron chi connectivity index (χ0n) is 18.0. The fraction of sp³-hybridized carbons (Fsp3) is 0.538. The summed E-state index contributed by atoms with van der Waals surface area (Å²) < 4.78 is 6.16. The molecule has 0 radical (unpaired) electrons. The molecule has 156 valence electrons. The Bertz CT molecular complexity index is 749. The summed E-state index contributed by atoms with van der Waals surface area (Å²) >= 11 is 0. The Balaban J connectivity index is 1.60. The lowest BCUT2D eigenvalue weighted by Crippen LogP contribution is -3.16. The van der Waals surface area contributed by atoms with Gasteiger partial charge in [0.1, 0.15) is 6.54 Å². The van der Waals surface area contributed by atoms with E-state index in [0.29, 0.717) is 12.0 Å². The van der Waals surface area contributed by atoms with Crippen molar-refractivity contribution in [1.29, 1.82) is 0 Å². The van der Waals surface area contributed by atoms with Gasteiger partial charge in [0, 0.05) is 12.0 Å². The largest absolute Gasteiger partial charge is 0.375 e. The summed E-state index contributed by atoms with van der Waals surface area (Å²) in [6.07, 6.45) is 5.90. The summed E-state index contributed by atoms with van der Waals surface area (Å²) in [6, 6.07) is 20.4. The standard InChI is InChI=1S/C26H35NO2/c1-3-24(2)19-25(16-18-29-24)15-10-17-27(20-25)21-26(28,22-11-6-4-7-12-22)23-13-8-5-9-14-23/h4-9,11-14,28H,3,10,15-21H2,1-2H3/p+1/t24-,25-/m0/s1. The van der Waals surface area contributed by atoms with Crippen LogP contribution in [-0.4, -0.2) is 36.9 Å². The van der Waals surface area contributed by atoms with Crippen molar-refractivity contribution in [2.45, 2.75) is 57.2 Å². The third-order valence-electron chi connectivity index (χ3n) is 7.45. The van der Waals surface area contributed by atoms with Crippen molar-refractivity contribution in [3.8, 4) is 0 Å². The zero-order chi connectivity index (χ0) is 20.4. The first-order valence-corrected chi connectivity index (χ1v) is 11.3. The molecule has 0 bridgehead atoms. The molecular formula is C26H36NO2+. The van der Waals surface area contributed by atoms with Gasteiger partial charge < -0.3 is 14.7 Å². The second kappa shape index (κ2) is 8.22. The predicted octanol–water partition coefficient (Wildman–Crippen LogP) is 3.57. The van der Waals surface area contributed by atoms with Gasteiger partial charge in [0.2, 0.25) is 0 Å². The predicted molar refractivity (Wildman–Crippen MR) is 117 cm³/mol. The van der Waals surface area contributed by atoms with Crippen molar-refractivity contribution < 1.29 is 14.7 Å². The van der Waals surface area contributed by atoms with Crippen LogP contribution in [0, 0.1) is 5.41 Å². The van der Waals surface area contributed by atoms with Gasteiger partial charge in [-0.05, 0) is 50.2 Å². The van der Waals surface area contributed by atoms with E-state index in [1.807, 2.05) is 36.4 Å².